The van der Waals surface area contributed by atoms with Crippen molar-refractivity contribution in [3.8, 4) is 10.4 Å². The summed E-state index contributed by atoms with van der Waals surface area (Å²) in [6, 6.07) is 1.75. The van der Waals surface area contributed by atoms with E-state index in [1.807, 2.05) is 27.7 Å². The number of hydrogen-bond acceptors (Lipinski definition) is 5. The van der Waals surface area contributed by atoms with Crippen LogP contribution in [0.4, 0.5) is 5.69 Å². The molecular formula is C14H16ClNO3S. The summed E-state index contributed by atoms with van der Waals surface area (Å²) < 4.78 is 10.4. The quantitative estimate of drug-likeness (QED) is 0.828. The summed E-state index contributed by atoms with van der Waals surface area (Å²) in [5.41, 5.74) is 7.42. The van der Waals surface area contributed by atoms with Gasteiger partial charge in [0.1, 0.15) is 10.5 Å². The normalized spacial score (nSPS) is 11.7. The Labute approximate surface area is 126 Å². The molecule has 0 saturated heterocycles. The van der Waals surface area contributed by atoms with Gasteiger partial charge in [-0.3, -0.25) is 0 Å². The van der Waals surface area contributed by atoms with E-state index < -0.39 is 11.6 Å². The van der Waals surface area contributed by atoms with Crippen LogP contribution in [0.25, 0.3) is 10.4 Å². The van der Waals surface area contributed by atoms with Crippen molar-refractivity contribution >= 4 is 34.6 Å². The lowest BCUT2D eigenvalue weighted by molar-refractivity contribution is 0.00763. The van der Waals surface area contributed by atoms with Crippen molar-refractivity contribution in [3.63, 3.8) is 0 Å². The molecule has 0 radical (unpaired) electrons. The molecule has 0 saturated carbocycles. The Hall–Kier alpha value is -1.46. The Bertz CT molecular complexity index is 652. The largest absolute Gasteiger partial charge is 0.456 e. The zero-order valence-corrected chi connectivity index (χ0v) is 13.3. The molecule has 0 aliphatic rings. The number of halogens is 1. The van der Waals surface area contributed by atoms with E-state index in [1.54, 1.807) is 6.07 Å². The predicted octanol–water partition coefficient (Wildman–Crippen LogP) is 4.51. The molecule has 4 nitrogen and oxygen atoms in total. The van der Waals surface area contributed by atoms with Crippen LogP contribution in [0, 0.1) is 6.92 Å². The Balaban J connectivity index is 2.43. The van der Waals surface area contributed by atoms with Gasteiger partial charge in [-0.05, 0) is 50.9 Å². The zero-order chi connectivity index (χ0) is 15.1. The maximum absolute atomic E-state index is 12.2. The number of thiophene rings is 1. The molecule has 6 heteroatoms. The van der Waals surface area contributed by atoms with E-state index in [1.165, 1.54) is 17.6 Å². The molecule has 2 aromatic heterocycles. The monoisotopic (exact) mass is 313 g/mol. The van der Waals surface area contributed by atoms with Gasteiger partial charge in [-0.1, -0.05) is 0 Å². The molecule has 0 atom stereocenters. The summed E-state index contributed by atoms with van der Waals surface area (Å²) >= 11 is 7.24. The van der Waals surface area contributed by atoms with E-state index in [0.717, 1.165) is 16.0 Å². The fraction of sp³-hybridized carbons (Fsp3) is 0.357. The standard InChI is InChI=1S/C14H16ClNO3S/c1-7-9(16)11(13(17)19-14(2,3)4)20-10(7)8-5-6-18-12(8)15/h5-6H,16H2,1-4H3. The van der Waals surface area contributed by atoms with Crippen molar-refractivity contribution in [1.29, 1.82) is 0 Å². The van der Waals surface area contributed by atoms with E-state index >= 15 is 0 Å². The molecule has 0 aliphatic carbocycles. The summed E-state index contributed by atoms with van der Waals surface area (Å²) in [6.45, 7) is 7.29. The molecular weight excluding hydrogens is 298 g/mol. The van der Waals surface area contributed by atoms with E-state index in [4.69, 9.17) is 26.5 Å². The van der Waals surface area contributed by atoms with E-state index in [2.05, 4.69) is 0 Å². The van der Waals surface area contributed by atoms with Gasteiger partial charge < -0.3 is 14.9 Å². The minimum atomic E-state index is -0.561. The smallest absolute Gasteiger partial charge is 0.351 e. The summed E-state index contributed by atoms with van der Waals surface area (Å²) in [5.74, 6) is -0.422. The third-order valence-electron chi connectivity index (χ3n) is 2.64. The van der Waals surface area contributed by atoms with Crippen molar-refractivity contribution in [2.24, 2.45) is 0 Å². The van der Waals surface area contributed by atoms with E-state index in [-0.39, 0.29) is 5.22 Å². The second-order valence-electron chi connectivity index (χ2n) is 5.41. The van der Waals surface area contributed by atoms with Crippen LogP contribution in [0.1, 0.15) is 36.0 Å². The average molecular weight is 314 g/mol. The SMILES string of the molecule is Cc1c(-c2ccoc2Cl)sc(C(=O)OC(C)(C)C)c1N. The molecule has 20 heavy (non-hydrogen) atoms. The van der Waals surface area contributed by atoms with Gasteiger partial charge in [0.2, 0.25) is 5.22 Å². The zero-order valence-electron chi connectivity index (χ0n) is 11.7. The lowest BCUT2D eigenvalue weighted by Gasteiger charge is -2.19. The lowest BCUT2D eigenvalue weighted by Crippen LogP contribution is -2.23. The molecule has 2 N–H and O–H groups in total. The predicted molar refractivity (Wildman–Crippen MR) is 81.3 cm³/mol. The van der Waals surface area contributed by atoms with Gasteiger partial charge in [-0.25, -0.2) is 4.79 Å². The van der Waals surface area contributed by atoms with Gasteiger partial charge >= 0.3 is 5.97 Å². The minimum absolute atomic E-state index is 0.282. The van der Waals surface area contributed by atoms with Gasteiger partial charge in [0.25, 0.3) is 0 Å². The number of nitrogen functional groups attached to an aromatic ring is 1. The van der Waals surface area contributed by atoms with Crippen molar-refractivity contribution in [1.82, 2.24) is 0 Å². The number of ether oxygens (including phenoxy) is 1. The van der Waals surface area contributed by atoms with Crippen LogP contribution < -0.4 is 5.73 Å². The molecule has 2 heterocycles. The molecule has 0 unspecified atom stereocenters. The van der Waals surface area contributed by atoms with Crippen LogP contribution in [0.3, 0.4) is 0 Å². The first-order valence-corrected chi connectivity index (χ1v) is 7.25. The first-order chi connectivity index (χ1) is 9.20. The Morgan fingerprint density at radius 1 is 1.45 bits per heavy atom. The molecule has 0 amide bonds. The van der Waals surface area contributed by atoms with E-state index in [9.17, 15) is 4.79 Å². The van der Waals surface area contributed by atoms with Crippen LogP contribution in [-0.4, -0.2) is 11.6 Å². The lowest BCUT2D eigenvalue weighted by atomic mass is 10.1. The number of nitrogens with two attached hydrogens (primary N) is 1. The number of furan rings is 1. The highest BCUT2D eigenvalue weighted by Crippen LogP contribution is 2.41. The topological polar surface area (TPSA) is 65.5 Å². The number of anilines is 1. The maximum Gasteiger partial charge on any atom is 0.351 e. The van der Waals surface area contributed by atoms with Crippen molar-refractivity contribution in [2.45, 2.75) is 33.3 Å². The van der Waals surface area contributed by atoms with Crippen LogP contribution in [0.15, 0.2) is 16.7 Å². The number of rotatable bonds is 2. The van der Waals surface area contributed by atoms with Crippen LogP contribution in [0.5, 0.6) is 0 Å². The van der Waals surface area contributed by atoms with Crippen molar-refractivity contribution in [2.75, 3.05) is 5.73 Å². The first kappa shape index (κ1) is 14.9. The van der Waals surface area contributed by atoms with Gasteiger partial charge in [-0.2, -0.15) is 0 Å². The van der Waals surface area contributed by atoms with Crippen LogP contribution in [0.2, 0.25) is 5.22 Å². The number of hydrogen-bond donors (Lipinski definition) is 1. The van der Waals surface area contributed by atoms with Gasteiger partial charge in [-0.15, -0.1) is 11.3 Å². The summed E-state index contributed by atoms with van der Waals surface area (Å²) in [5, 5.41) is 0.282. The minimum Gasteiger partial charge on any atom is -0.456 e. The van der Waals surface area contributed by atoms with Crippen LogP contribution in [-0.2, 0) is 4.74 Å². The highest BCUT2D eigenvalue weighted by molar-refractivity contribution is 7.18. The number of carbonyl (C=O) groups excluding carboxylic acids is 1. The fourth-order valence-electron chi connectivity index (χ4n) is 1.71. The molecule has 0 bridgehead atoms. The average Bonchev–Trinajstić information content (AvgIpc) is 2.83. The highest BCUT2D eigenvalue weighted by atomic mass is 35.5. The molecule has 2 aromatic rings. The molecule has 0 aliphatic heterocycles. The number of esters is 1. The second-order valence-corrected chi connectivity index (χ2v) is 6.77. The molecule has 0 fully saturated rings. The van der Waals surface area contributed by atoms with Crippen molar-refractivity contribution in [3.05, 3.63) is 28.0 Å². The van der Waals surface area contributed by atoms with Crippen LogP contribution >= 0.6 is 22.9 Å². The molecule has 2 rings (SSSR count). The maximum atomic E-state index is 12.2. The second kappa shape index (κ2) is 5.14. The third kappa shape index (κ3) is 2.83. The van der Waals surface area contributed by atoms with Gasteiger partial charge in [0.15, 0.2) is 0 Å². The summed E-state index contributed by atoms with van der Waals surface area (Å²) in [6.07, 6.45) is 1.50. The van der Waals surface area contributed by atoms with Gasteiger partial charge in [0, 0.05) is 10.4 Å². The Kier molecular flexibility index (Phi) is 3.84. The van der Waals surface area contributed by atoms with Crippen molar-refractivity contribution < 1.29 is 13.9 Å². The van der Waals surface area contributed by atoms with E-state index in [0.29, 0.717) is 10.6 Å². The van der Waals surface area contributed by atoms with Gasteiger partial charge in [0.05, 0.1) is 12.0 Å². The first-order valence-electron chi connectivity index (χ1n) is 6.06. The Morgan fingerprint density at radius 3 is 2.60 bits per heavy atom. The molecule has 0 spiro atoms. The summed E-state index contributed by atoms with van der Waals surface area (Å²) in [7, 11) is 0. The fourth-order valence-corrected chi connectivity index (χ4v) is 3.11. The summed E-state index contributed by atoms with van der Waals surface area (Å²) in [4.78, 5) is 13.4. The Morgan fingerprint density at radius 2 is 2.10 bits per heavy atom. The third-order valence-corrected chi connectivity index (χ3v) is 4.25. The highest BCUT2D eigenvalue weighted by Gasteiger charge is 2.25. The molecule has 0 aromatic carbocycles. The molecule has 108 valence electrons. The number of carbonyl (C=O) groups is 1.